The normalized spacial score (nSPS) is 37.3. The Morgan fingerprint density at radius 1 is 0.439 bits per heavy atom. The molecule has 0 aromatic heterocycles. The van der Waals surface area contributed by atoms with Gasteiger partial charge in [-0.3, -0.25) is 0 Å². The molecule has 6 aliphatic rings. The monoisotopic (exact) mass is 827 g/mol. The predicted molar refractivity (Wildman–Crippen MR) is 208 cm³/mol. The highest BCUT2D eigenvalue weighted by Gasteiger charge is 2.38. The first kappa shape index (κ1) is 47.4. The zero-order valence-corrected chi connectivity index (χ0v) is 35.2. The molecule has 334 valence electrons. The van der Waals surface area contributed by atoms with Gasteiger partial charge in [-0.05, 0) is 165 Å². The number of hydrogen-bond donors (Lipinski definition) is 0. The second-order valence-electron chi connectivity index (χ2n) is 18.6. The highest BCUT2D eigenvalue weighted by atomic mass is 19.4. The number of alkyl halides is 6. The van der Waals surface area contributed by atoms with Crippen LogP contribution in [0.25, 0.3) is 0 Å². The van der Waals surface area contributed by atoms with E-state index in [0.29, 0.717) is 63.3 Å². The third-order valence-electron chi connectivity index (χ3n) is 14.3. The van der Waals surface area contributed by atoms with E-state index in [0.717, 1.165) is 69.0 Å². The summed E-state index contributed by atoms with van der Waals surface area (Å²) in [5, 5.41) is 0. The summed E-state index contributed by atoms with van der Waals surface area (Å²) in [4.78, 5) is 0. The lowest BCUT2D eigenvalue weighted by molar-refractivity contribution is -0.231. The van der Waals surface area contributed by atoms with Crippen molar-refractivity contribution in [2.75, 3.05) is 39.6 Å². The van der Waals surface area contributed by atoms with Gasteiger partial charge in [-0.2, -0.15) is 26.3 Å². The van der Waals surface area contributed by atoms with Crippen molar-refractivity contribution in [3.8, 4) is 0 Å². The summed E-state index contributed by atoms with van der Waals surface area (Å²) in [7, 11) is 0. The fourth-order valence-electron chi connectivity index (χ4n) is 10.9. The Morgan fingerprint density at radius 3 is 1.07 bits per heavy atom. The Labute approximate surface area is 339 Å². The first-order valence-corrected chi connectivity index (χ1v) is 23.2. The summed E-state index contributed by atoms with van der Waals surface area (Å²) in [6.07, 6.45) is 13.4. The smallest absolute Gasteiger partial charge is 0.379 e. The highest BCUT2D eigenvalue weighted by molar-refractivity contribution is 4.85. The minimum Gasteiger partial charge on any atom is -0.379 e. The van der Waals surface area contributed by atoms with Crippen LogP contribution in [-0.2, 0) is 28.4 Å². The number of rotatable bonds is 15. The van der Waals surface area contributed by atoms with Gasteiger partial charge in [0.05, 0.1) is 38.6 Å². The molecule has 0 aromatic rings. The quantitative estimate of drug-likeness (QED) is 0.153. The highest BCUT2D eigenvalue weighted by Crippen LogP contribution is 2.44. The Morgan fingerprint density at radius 2 is 0.754 bits per heavy atom. The molecule has 0 unspecified atom stereocenters. The van der Waals surface area contributed by atoms with Gasteiger partial charge in [0.25, 0.3) is 0 Å². The van der Waals surface area contributed by atoms with Crippen LogP contribution in [0.2, 0.25) is 0 Å². The van der Waals surface area contributed by atoms with E-state index in [1.54, 1.807) is 0 Å². The Balaban J connectivity index is 0.000000218. The molecular formula is C45H76F6O6. The van der Waals surface area contributed by atoms with Crippen molar-refractivity contribution in [3.05, 3.63) is 0 Å². The first-order valence-electron chi connectivity index (χ1n) is 23.2. The molecule has 4 aliphatic carbocycles. The number of halogens is 6. The van der Waals surface area contributed by atoms with Crippen molar-refractivity contribution in [2.24, 2.45) is 47.3 Å². The first-order chi connectivity index (χ1) is 27.4. The van der Waals surface area contributed by atoms with Crippen molar-refractivity contribution in [3.63, 3.8) is 0 Å². The molecule has 2 saturated heterocycles. The van der Waals surface area contributed by atoms with Crippen molar-refractivity contribution in [1.29, 1.82) is 0 Å². The topological polar surface area (TPSA) is 55.4 Å². The molecule has 2 heterocycles. The molecule has 0 spiro atoms. The van der Waals surface area contributed by atoms with Crippen LogP contribution in [0.3, 0.4) is 0 Å². The zero-order chi connectivity index (χ0) is 40.7. The lowest BCUT2D eigenvalue weighted by Gasteiger charge is -2.41. The molecule has 0 atom stereocenters. The molecule has 57 heavy (non-hydrogen) atoms. The van der Waals surface area contributed by atoms with E-state index in [1.165, 1.54) is 77.0 Å². The second-order valence-corrected chi connectivity index (χ2v) is 18.6. The molecule has 4 saturated carbocycles. The van der Waals surface area contributed by atoms with E-state index in [-0.39, 0.29) is 37.3 Å². The van der Waals surface area contributed by atoms with E-state index < -0.39 is 25.2 Å². The molecule has 0 radical (unpaired) electrons. The van der Waals surface area contributed by atoms with Crippen LogP contribution in [0, 0.1) is 47.3 Å². The van der Waals surface area contributed by atoms with Gasteiger partial charge in [0.15, 0.2) is 12.6 Å². The number of ether oxygens (including phenoxy) is 6. The van der Waals surface area contributed by atoms with Crippen LogP contribution in [0.5, 0.6) is 0 Å². The largest absolute Gasteiger partial charge is 0.389 e. The summed E-state index contributed by atoms with van der Waals surface area (Å²) in [6.45, 7) is 8.14. The second kappa shape index (κ2) is 24.1. The minimum absolute atomic E-state index is 0.107. The van der Waals surface area contributed by atoms with E-state index >= 15 is 0 Å². The molecular weight excluding hydrogens is 750 g/mol. The van der Waals surface area contributed by atoms with Gasteiger partial charge in [0.2, 0.25) is 0 Å². The molecule has 6 nitrogen and oxygen atoms in total. The minimum atomic E-state index is -4.06. The molecule has 0 N–H and O–H groups in total. The fraction of sp³-hybridized carbons (Fsp3) is 1.00. The third-order valence-corrected chi connectivity index (χ3v) is 14.3. The van der Waals surface area contributed by atoms with Crippen LogP contribution in [0.15, 0.2) is 0 Å². The molecule has 6 rings (SSSR count). The van der Waals surface area contributed by atoms with Gasteiger partial charge in [0, 0.05) is 49.7 Å². The summed E-state index contributed by atoms with van der Waals surface area (Å²) in [5.41, 5.74) is 0. The Hall–Kier alpha value is -0.660. The zero-order valence-electron chi connectivity index (χ0n) is 35.2. The van der Waals surface area contributed by atoms with Gasteiger partial charge < -0.3 is 28.4 Å². The van der Waals surface area contributed by atoms with E-state index in [4.69, 9.17) is 28.4 Å². The third kappa shape index (κ3) is 17.0. The van der Waals surface area contributed by atoms with Crippen molar-refractivity contribution in [2.45, 2.75) is 199 Å². The maximum Gasteiger partial charge on any atom is 0.389 e. The standard InChI is InChI=1S/C23H39F3O3.C22H37F3O3/c1-2-14-27-21-11-9-19(10-12-21)18-5-7-20(8-6-18)22-28-15-17(16-29-22)4-3-13-23(24,25)26;1-2-26-20-11-9-18(10-12-20)17-5-7-19(8-6-17)21-27-14-16(15-28-21)4-3-13-22(23,24)25/h17-22H,2-16H2,1H3;16-21H,2-15H2,1H3. The molecule has 0 bridgehead atoms. The van der Waals surface area contributed by atoms with Crippen molar-refractivity contribution >= 4 is 0 Å². The molecule has 0 aromatic carbocycles. The van der Waals surface area contributed by atoms with Crippen LogP contribution in [0.4, 0.5) is 26.3 Å². The Bertz CT molecular complexity index is 1050. The van der Waals surface area contributed by atoms with Crippen molar-refractivity contribution in [1.82, 2.24) is 0 Å². The van der Waals surface area contributed by atoms with Gasteiger partial charge in [-0.1, -0.05) is 6.92 Å². The van der Waals surface area contributed by atoms with Gasteiger partial charge >= 0.3 is 12.4 Å². The van der Waals surface area contributed by atoms with Gasteiger partial charge in [-0.25, -0.2) is 0 Å². The van der Waals surface area contributed by atoms with Gasteiger partial charge in [-0.15, -0.1) is 0 Å². The van der Waals surface area contributed by atoms with E-state index in [2.05, 4.69) is 13.8 Å². The maximum absolute atomic E-state index is 12.3. The van der Waals surface area contributed by atoms with Gasteiger partial charge in [0.1, 0.15) is 0 Å². The Kier molecular flexibility index (Phi) is 20.0. The van der Waals surface area contributed by atoms with E-state index in [1.807, 2.05) is 0 Å². The lowest BCUT2D eigenvalue weighted by atomic mass is 9.70. The maximum atomic E-state index is 12.3. The van der Waals surface area contributed by atoms with Crippen LogP contribution in [0.1, 0.15) is 162 Å². The lowest BCUT2D eigenvalue weighted by Crippen LogP contribution is -2.39. The molecule has 2 aliphatic heterocycles. The fourth-order valence-corrected chi connectivity index (χ4v) is 10.9. The van der Waals surface area contributed by atoms with Crippen LogP contribution < -0.4 is 0 Å². The summed E-state index contributed by atoms with van der Waals surface area (Å²) >= 11 is 0. The molecule has 6 fully saturated rings. The SMILES string of the molecule is CCCOC1CCC(C2CCC(C3OCC(CCCC(F)(F)F)CO3)CC2)CC1.CCOC1CCC(C2CCC(C3OCC(CCCC(F)(F)F)CO3)CC2)CC1. The van der Waals surface area contributed by atoms with E-state index in [9.17, 15) is 26.3 Å². The summed E-state index contributed by atoms with van der Waals surface area (Å²) in [5.74, 6) is 4.48. The molecule has 12 heteroatoms. The number of hydrogen-bond acceptors (Lipinski definition) is 6. The predicted octanol–water partition coefficient (Wildman–Crippen LogP) is 12.6. The average Bonchev–Trinajstić information content (AvgIpc) is 3.21. The summed E-state index contributed by atoms with van der Waals surface area (Å²) in [6, 6.07) is 0. The average molecular weight is 827 g/mol. The summed E-state index contributed by atoms with van der Waals surface area (Å²) < 4.78 is 109. The molecule has 0 amide bonds. The van der Waals surface area contributed by atoms with Crippen LogP contribution >= 0.6 is 0 Å². The van der Waals surface area contributed by atoms with Crippen molar-refractivity contribution < 1.29 is 54.8 Å². The van der Waals surface area contributed by atoms with Crippen LogP contribution in [-0.4, -0.2) is 76.8 Å².